The summed E-state index contributed by atoms with van der Waals surface area (Å²) in [5.41, 5.74) is -0.330. The van der Waals surface area contributed by atoms with E-state index in [1.807, 2.05) is 20.8 Å². The van der Waals surface area contributed by atoms with Crippen molar-refractivity contribution in [2.75, 3.05) is 26.8 Å². The minimum absolute atomic E-state index is 0.0484. The predicted molar refractivity (Wildman–Crippen MR) is 195 cm³/mol. The molecule has 3 amide bonds. The number of β-amino-alcohol motifs (C(OH)–C–C–N with tert-alkyl or cyclic N) is 1. The van der Waals surface area contributed by atoms with Gasteiger partial charge in [0.15, 0.2) is 0 Å². The monoisotopic (exact) mass is 703 g/mol. The Balaban J connectivity index is 1.23. The first-order valence-electron chi connectivity index (χ1n) is 20.5. The molecule has 1 aliphatic heterocycles. The number of hydrogen-bond donors (Lipinski definition) is 4. The molecule has 4 saturated carbocycles. The van der Waals surface area contributed by atoms with Crippen molar-refractivity contribution >= 4 is 17.9 Å². The van der Waals surface area contributed by atoms with Crippen molar-refractivity contribution in [2.45, 2.75) is 179 Å². The van der Waals surface area contributed by atoms with Gasteiger partial charge in [-0.2, -0.15) is 0 Å². The van der Waals surface area contributed by atoms with Crippen molar-refractivity contribution < 1.29 is 29.0 Å². The molecule has 0 radical (unpaired) electrons. The highest BCUT2D eigenvalue weighted by atomic mass is 16.5. The number of carbonyl (C=O) groups excluding carboxylic acids is 3. The van der Waals surface area contributed by atoms with Crippen LogP contribution in [0, 0.1) is 29.6 Å². The molecular weight excluding hydrogens is 632 g/mol. The molecule has 5 aliphatic rings. The number of rotatable bonds is 12. The van der Waals surface area contributed by atoms with Gasteiger partial charge in [-0.05, 0) is 102 Å². The van der Waals surface area contributed by atoms with E-state index >= 15 is 0 Å². The molecule has 10 heteroatoms. The average Bonchev–Trinajstić information content (AvgIpc) is 3.10. The second-order valence-corrected chi connectivity index (χ2v) is 17.8. The Bertz CT molecular complexity index is 1080. The van der Waals surface area contributed by atoms with Crippen LogP contribution in [0.5, 0.6) is 0 Å². The summed E-state index contributed by atoms with van der Waals surface area (Å²) in [4.78, 5) is 43.0. The lowest BCUT2D eigenvalue weighted by Gasteiger charge is -2.47. The summed E-state index contributed by atoms with van der Waals surface area (Å²) in [5, 5.41) is 21.6. The summed E-state index contributed by atoms with van der Waals surface area (Å²) in [6, 6.07) is -0.969. The molecule has 286 valence electrons. The van der Waals surface area contributed by atoms with Crippen LogP contribution >= 0.6 is 0 Å². The zero-order valence-corrected chi connectivity index (χ0v) is 31.8. The lowest BCUT2D eigenvalue weighted by Crippen LogP contribution is -2.60. The molecule has 5 rings (SSSR count). The minimum Gasteiger partial charge on any atom is -0.449 e. The molecule has 0 aromatic carbocycles. The number of methoxy groups -OCH3 is 1. The summed E-state index contributed by atoms with van der Waals surface area (Å²) >= 11 is 0. The standard InChI is InChI=1S/C40H70N4O6/c1-40(2,3)43-38(47)35-23-29-14-8-9-15-30(29)24-44(35)25-36(45)34(22-27-12-6-5-7-13-27)41-37(46)32-16-10-11-17-33(32)42-39(48)50-26-28-18-20-31(49-4)21-19-28/h27-36,45H,5-26H2,1-4H3,(H,41,46)(H,42,48)(H,43,47)/t28?,29-,30+,31?,32?,33?,34-,35+,36+/m0/s1. The number of hydrogen-bond acceptors (Lipinski definition) is 7. The lowest BCUT2D eigenvalue weighted by atomic mass is 9.72. The van der Waals surface area contributed by atoms with E-state index in [2.05, 4.69) is 20.9 Å². The number of aliphatic hydroxyl groups excluding tert-OH is 1. The largest absolute Gasteiger partial charge is 0.449 e. The Hall–Kier alpha value is -1.91. The maximum Gasteiger partial charge on any atom is 0.407 e. The van der Waals surface area contributed by atoms with Crippen LogP contribution in [0.3, 0.4) is 0 Å². The van der Waals surface area contributed by atoms with Gasteiger partial charge in [0, 0.05) is 31.8 Å². The molecule has 1 heterocycles. The van der Waals surface area contributed by atoms with Gasteiger partial charge in [0.05, 0.1) is 36.8 Å². The normalized spacial score (nSPS) is 32.6. The Morgan fingerprint density at radius 3 is 2.16 bits per heavy atom. The van der Waals surface area contributed by atoms with Gasteiger partial charge in [-0.25, -0.2) is 4.79 Å². The molecular formula is C40H70N4O6. The summed E-state index contributed by atoms with van der Waals surface area (Å²) in [7, 11) is 1.76. The molecule has 0 bridgehead atoms. The molecule has 4 aliphatic carbocycles. The Kier molecular flexibility index (Phi) is 14.7. The van der Waals surface area contributed by atoms with E-state index in [0.29, 0.717) is 49.3 Å². The van der Waals surface area contributed by atoms with Crippen molar-refractivity contribution in [3.63, 3.8) is 0 Å². The molecule has 2 unspecified atom stereocenters. The number of carbonyl (C=O) groups is 3. The van der Waals surface area contributed by atoms with E-state index in [9.17, 15) is 19.5 Å². The maximum absolute atomic E-state index is 14.1. The number of nitrogens with zero attached hydrogens (tertiary/aromatic N) is 1. The third-order valence-electron chi connectivity index (χ3n) is 12.8. The van der Waals surface area contributed by atoms with E-state index < -0.39 is 18.2 Å². The minimum atomic E-state index is -0.792. The van der Waals surface area contributed by atoms with Gasteiger partial charge in [-0.1, -0.05) is 64.2 Å². The Morgan fingerprint density at radius 1 is 0.800 bits per heavy atom. The van der Waals surface area contributed by atoms with Crippen molar-refractivity contribution in [2.24, 2.45) is 29.6 Å². The van der Waals surface area contributed by atoms with Crippen LogP contribution < -0.4 is 16.0 Å². The maximum atomic E-state index is 14.1. The van der Waals surface area contributed by atoms with Crippen LogP contribution in [0.4, 0.5) is 4.79 Å². The third-order valence-corrected chi connectivity index (χ3v) is 12.8. The van der Waals surface area contributed by atoms with Crippen LogP contribution in [-0.2, 0) is 19.1 Å². The number of aliphatic hydroxyl groups is 1. The van der Waals surface area contributed by atoms with Gasteiger partial charge in [0.1, 0.15) is 0 Å². The molecule has 4 N–H and O–H groups in total. The van der Waals surface area contributed by atoms with E-state index in [1.54, 1.807) is 7.11 Å². The van der Waals surface area contributed by atoms with Crippen LogP contribution in [-0.4, -0.2) is 90.6 Å². The fourth-order valence-electron chi connectivity index (χ4n) is 9.92. The van der Waals surface area contributed by atoms with Gasteiger partial charge in [-0.3, -0.25) is 14.5 Å². The molecule has 50 heavy (non-hydrogen) atoms. The topological polar surface area (TPSA) is 129 Å². The van der Waals surface area contributed by atoms with E-state index in [-0.39, 0.29) is 35.4 Å². The van der Waals surface area contributed by atoms with Crippen LogP contribution in [0.1, 0.15) is 143 Å². The van der Waals surface area contributed by atoms with E-state index in [0.717, 1.165) is 77.2 Å². The Morgan fingerprint density at radius 2 is 1.46 bits per heavy atom. The lowest BCUT2D eigenvalue weighted by molar-refractivity contribution is -0.134. The summed E-state index contributed by atoms with van der Waals surface area (Å²) < 4.78 is 11.2. The van der Waals surface area contributed by atoms with Crippen molar-refractivity contribution in [3.05, 3.63) is 0 Å². The highest BCUT2D eigenvalue weighted by Gasteiger charge is 2.42. The molecule has 7 atom stereocenters. The second-order valence-electron chi connectivity index (χ2n) is 17.8. The predicted octanol–water partition coefficient (Wildman–Crippen LogP) is 6.09. The molecule has 5 fully saturated rings. The quantitative estimate of drug-likeness (QED) is 0.194. The highest BCUT2D eigenvalue weighted by molar-refractivity contribution is 5.82. The number of likely N-dealkylation sites (tertiary alicyclic amines) is 1. The van der Waals surface area contributed by atoms with Gasteiger partial charge in [-0.15, -0.1) is 0 Å². The van der Waals surface area contributed by atoms with E-state index in [1.165, 1.54) is 44.9 Å². The zero-order valence-electron chi connectivity index (χ0n) is 31.8. The van der Waals surface area contributed by atoms with Crippen LogP contribution in [0.2, 0.25) is 0 Å². The van der Waals surface area contributed by atoms with Crippen molar-refractivity contribution in [3.8, 4) is 0 Å². The number of amides is 3. The van der Waals surface area contributed by atoms with Gasteiger partial charge in [0.25, 0.3) is 0 Å². The molecule has 1 saturated heterocycles. The summed E-state index contributed by atoms with van der Waals surface area (Å²) in [6.07, 6.45) is 18.7. The first kappa shape index (κ1) is 39.3. The number of fused-ring (bicyclic) bond motifs is 1. The molecule has 10 nitrogen and oxygen atoms in total. The van der Waals surface area contributed by atoms with Crippen LogP contribution in [0.25, 0.3) is 0 Å². The smallest absolute Gasteiger partial charge is 0.407 e. The number of ether oxygens (including phenoxy) is 2. The number of piperidine rings is 1. The number of alkyl carbamates (subject to hydrolysis) is 1. The Labute approximate surface area is 302 Å². The number of nitrogens with one attached hydrogen (secondary N) is 3. The van der Waals surface area contributed by atoms with Gasteiger partial charge in [0.2, 0.25) is 11.8 Å². The fourth-order valence-corrected chi connectivity index (χ4v) is 9.92. The fraction of sp³-hybridized carbons (Fsp3) is 0.925. The third kappa shape index (κ3) is 11.5. The first-order chi connectivity index (χ1) is 24.0. The van der Waals surface area contributed by atoms with Gasteiger partial charge >= 0.3 is 6.09 Å². The van der Waals surface area contributed by atoms with E-state index in [4.69, 9.17) is 9.47 Å². The summed E-state index contributed by atoms with van der Waals surface area (Å²) in [5.74, 6) is 1.52. The van der Waals surface area contributed by atoms with Crippen molar-refractivity contribution in [1.82, 2.24) is 20.9 Å². The SMILES string of the molecule is COC1CCC(COC(=O)NC2CCCCC2C(=O)N[C@@H](CC2CCCCC2)[C@H](O)CN2C[C@H]3CCCC[C@H]3C[C@@H]2C(=O)NC(C)(C)C)CC1. The van der Waals surface area contributed by atoms with Crippen LogP contribution in [0.15, 0.2) is 0 Å². The second kappa shape index (κ2) is 18.7. The molecule has 0 spiro atoms. The highest BCUT2D eigenvalue weighted by Crippen LogP contribution is 2.39. The average molecular weight is 703 g/mol. The first-order valence-corrected chi connectivity index (χ1v) is 20.5. The molecule has 0 aromatic heterocycles. The van der Waals surface area contributed by atoms with Gasteiger partial charge < -0.3 is 30.5 Å². The van der Waals surface area contributed by atoms with Crippen molar-refractivity contribution in [1.29, 1.82) is 0 Å². The zero-order chi connectivity index (χ0) is 35.7. The summed E-state index contributed by atoms with van der Waals surface area (Å²) in [6.45, 7) is 7.65. The molecule has 0 aromatic rings.